The Morgan fingerprint density at radius 3 is 2.52 bits per heavy atom. The van der Waals surface area contributed by atoms with Gasteiger partial charge in [-0.3, -0.25) is 4.72 Å². The SMILES string of the molecule is Cc1ccc(-c2ccc(C)c(NS(=O)(=O)c3ccccn3)c2)o1. The number of nitrogens with zero attached hydrogens (tertiary/aromatic N) is 1. The van der Waals surface area contributed by atoms with Gasteiger partial charge in [0, 0.05) is 11.8 Å². The van der Waals surface area contributed by atoms with Gasteiger partial charge < -0.3 is 4.42 Å². The molecule has 5 nitrogen and oxygen atoms in total. The van der Waals surface area contributed by atoms with E-state index in [2.05, 4.69) is 9.71 Å². The molecule has 0 radical (unpaired) electrons. The topological polar surface area (TPSA) is 72.2 Å². The normalized spacial score (nSPS) is 11.4. The average molecular weight is 328 g/mol. The van der Waals surface area contributed by atoms with Gasteiger partial charge in [0.2, 0.25) is 0 Å². The molecule has 3 aromatic rings. The van der Waals surface area contributed by atoms with Gasteiger partial charge in [-0.05, 0) is 49.7 Å². The summed E-state index contributed by atoms with van der Waals surface area (Å²) < 4.78 is 33.0. The van der Waals surface area contributed by atoms with E-state index in [4.69, 9.17) is 4.42 Å². The minimum Gasteiger partial charge on any atom is -0.461 e. The van der Waals surface area contributed by atoms with Crippen molar-refractivity contribution in [3.05, 3.63) is 66.1 Å². The Labute approximate surface area is 135 Å². The summed E-state index contributed by atoms with van der Waals surface area (Å²) in [5, 5.41) is -0.0151. The van der Waals surface area contributed by atoms with Crippen LogP contribution in [0.1, 0.15) is 11.3 Å². The molecule has 118 valence electrons. The predicted octanol–water partition coefficient (Wildman–Crippen LogP) is 3.76. The van der Waals surface area contributed by atoms with Crippen molar-refractivity contribution in [3.63, 3.8) is 0 Å². The summed E-state index contributed by atoms with van der Waals surface area (Å²) in [5.74, 6) is 1.50. The molecule has 2 aromatic heterocycles. The van der Waals surface area contributed by atoms with E-state index >= 15 is 0 Å². The van der Waals surface area contributed by atoms with Crippen molar-refractivity contribution in [1.29, 1.82) is 0 Å². The molecule has 0 aliphatic carbocycles. The molecule has 2 heterocycles. The lowest BCUT2D eigenvalue weighted by Crippen LogP contribution is -2.15. The fourth-order valence-electron chi connectivity index (χ4n) is 2.18. The first kappa shape index (κ1) is 15.3. The Hall–Kier alpha value is -2.60. The van der Waals surface area contributed by atoms with E-state index in [0.717, 1.165) is 16.9 Å². The minimum atomic E-state index is -3.72. The zero-order chi connectivity index (χ0) is 16.4. The molecule has 0 fully saturated rings. The van der Waals surface area contributed by atoms with Crippen LogP contribution in [0.3, 0.4) is 0 Å². The van der Waals surface area contributed by atoms with Gasteiger partial charge in [-0.25, -0.2) is 4.98 Å². The van der Waals surface area contributed by atoms with Crippen LogP contribution in [0.15, 0.2) is 64.2 Å². The van der Waals surface area contributed by atoms with E-state index in [1.165, 1.54) is 12.3 Å². The molecule has 0 saturated carbocycles. The first-order valence-electron chi connectivity index (χ1n) is 7.07. The molecule has 0 spiro atoms. The molecule has 0 aliphatic heterocycles. The summed E-state index contributed by atoms with van der Waals surface area (Å²) in [6, 6.07) is 14.0. The molecule has 0 atom stereocenters. The van der Waals surface area contributed by atoms with Crippen molar-refractivity contribution in [3.8, 4) is 11.3 Å². The maximum Gasteiger partial charge on any atom is 0.279 e. The number of aryl methyl sites for hydroxylation is 2. The quantitative estimate of drug-likeness (QED) is 0.791. The number of furan rings is 1. The fourth-order valence-corrected chi connectivity index (χ4v) is 3.25. The zero-order valence-corrected chi connectivity index (χ0v) is 13.6. The number of nitrogens with one attached hydrogen (secondary N) is 1. The second kappa shape index (κ2) is 5.89. The van der Waals surface area contributed by atoms with Crippen LogP contribution in [0.4, 0.5) is 5.69 Å². The summed E-state index contributed by atoms with van der Waals surface area (Å²) in [6.45, 7) is 3.70. The van der Waals surface area contributed by atoms with Crippen molar-refractivity contribution in [1.82, 2.24) is 4.98 Å². The van der Waals surface area contributed by atoms with Gasteiger partial charge in [0.05, 0.1) is 5.69 Å². The molecular weight excluding hydrogens is 312 g/mol. The Morgan fingerprint density at radius 2 is 1.87 bits per heavy atom. The summed E-state index contributed by atoms with van der Waals surface area (Å²) in [7, 11) is -3.72. The molecule has 0 aliphatic rings. The van der Waals surface area contributed by atoms with E-state index in [0.29, 0.717) is 11.4 Å². The molecule has 6 heteroatoms. The van der Waals surface area contributed by atoms with Crippen LogP contribution < -0.4 is 4.72 Å². The van der Waals surface area contributed by atoms with E-state index in [9.17, 15) is 8.42 Å². The second-order valence-electron chi connectivity index (χ2n) is 5.21. The predicted molar refractivity (Wildman–Crippen MR) is 88.7 cm³/mol. The van der Waals surface area contributed by atoms with Gasteiger partial charge in [0.1, 0.15) is 11.5 Å². The molecule has 0 amide bonds. The number of benzene rings is 1. The third-order valence-corrected chi connectivity index (χ3v) is 4.70. The zero-order valence-electron chi connectivity index (χ0n) is 12.8. The van der Waals surface area contributed by atoms with E-state index in [1.807, 2.05) is 38.1 Å². The average Bonchev–Trinajstić information content (AvgIpc) is 2.97. The van der Waals surface area contributed by atoms with E-state index in [1.54, 1.807) is 18.2 Å². The monoisotopic (exact) mass is 328 g/mol. The number of anilines is 1. The molecule has 0 unspecified atom stereocenters. The highest BCUT2D eigenvalue weighted by atomic mass is 32.2. The summed E-state index contributed by atoms with van der Waals surface area (Å²) in [6.07, 6.45) is 1.45. The molecule has 1 aromatic carbocycles. The standard InChI is InChI=1S/C17H16N2O3S/c1-12-6-8-14(16-9-7-13(2)22-16)11-15(12)19-23(20,21)17-5-3-4-10-18-17/h3-11,19H,1-2H3. The Balaban J connectivity index is 1.97. The van der Waals surface area contributed by atoms with Gasteiger partial charge in [0.25, 0.3) is 10.0 Å². The molecule has 3 rings (SSSR count). The van der Waals surface area contributed by atoms with E-state index in [-0.39, 0.29) is 5.03 Å². The second-order valence-corrected chi connectivity index (χ2v) is 6.84. The van der Waals surface area contributed by atoms with Crippen molar-refractivity contribution < 1.29 is 12.8 Å². The van der Waals surface area contributed by atoms with Crippen LogP contribution in [0.5, 0.6) is 0 Å². The summed E-state index contributed by atoms with van der Waals surface area (Å²) in [5.41, 5.74) is 2.13. The van der Waals surface area contributed by atoms with E-state index < -0.39 is 10.0 Å². The lowest BCUT2D eigenvalue weighted by molar-refractivity contribution is 0.548. The Kier molecular flexibility index (Phi) is 3.92. The third-order valence-electron chi connectivity index (χ3n) is 3.42. The van der Waals surface area contributed by atoms with Crippen molar-refractivity contribution >= 4 is 15.7 Å². The van der Waals surface area contributed by atoms with Crippen LogP contribution >= 0.6 is 0 Å². The highest BCUT2D eigenvalue weighted by Gasteiger charge is 2.17. The number of hydrogen-bond acceptors (Lipinski definition) is 4. The van der Waals surface area contributed by atoms with Gasteiger partial charge in [0.15, 0.2) is 5.03 Å². The van der Waals surface area contributed by atoms with Crippen molar-refractivity contribution in [2.24, 2.45) is 0 Å². The van der Waals surface area contributed by atoms with Crippen LogP contribution in [0.2, 0.25) is 0 Å². The van der Waals surface area contributed by atoms with Gasteiger partial charge in [-0.15, -0.1) is 0 Å². The fraction of sp³-hybridized carbons (Fsp3) is 0.118. The summed E-state index contributed by atoms with van der Waals surface area (Å²) >= 11 is 0. The third kappa shape index (κ3) is 3.27. The number of sulfonamides is 1. The van der Waals surface area contributed by atoms with Crippen LogP contribution in [-0.2, 0) is 10.0 Å². The maximum absolute atomic E-state index is 12.4. The Bertz CT molecular complexity index is 931. The largest absolute Gasteiger partial charge is 0.461 e. The van der Waals surface area contributed by atoms with Gasteiger partial charge in [-0.2, -0.15) is 8.42 Å². The number of pyridine rings is 1. The lowest BCUT2D eigenvalue weighted by atomic mass is 10.1. The van der Waals surface area contributed by atoms with Crippen LogP contribution in [-0.4, -0.2) is 13.4 Å². The number of hydrogen-bond donors (Lipinski definition) is 1. The van der Waals surface area contributed by atoms with Crippen molar-refractivity contribution in [2.45, 2.75) is 18.9 Å². The lowest BCUT2D eigenvalue weighted by Gasteiger charge is -2.11. The summed E-state index contributed by atoms with van der Waals surface area (Å²) in [4.78, 5) is 3.89. The highest BCUT2D eigenvalue weighted by Crippen LogP contribution is 2.28. The van der Waals surface area contributed by atoms with Gasteiger partial charge >= 0.3 is 0 Å². The molecule has 1 N–H and O–H groups in total. The first-order valence-corrected chi connectivity index (χ1v) is 8.55. The maximum atomic E-state index is 12.4. The van der Waals surface area contributed by atoms with Gasteiger partial charge in [-0.1, -0.05) is 18.2 Å². The highest BCUT2D eigenvalue weighted by molar-refractivity contribution is 7.92. The molecule has 0 saturated heterocycles. The first-order chi connectivity index (χ1) is 11.0. The molecule has 0 bridgehead atoms. The number of rotatable bonds is 4. The molecule has 23 heavy (non-hydrogen) atoms. The molecular formula is C17H16N2O3S. The van der Waals surface area contributed by atoms with Crippen LogP contribution in [0, 0.1) is 13.8 Å². The Morgan fingerprint density at radius 1 is 1.04 bits per heavy atom. The smallest absolute Gasteiger partial charge is 0.279 e. The van der Waals surface area contributed by atoms with Crippen LogP contribution in [0.25, 0.3) is 11.3 Å². The van der Waals surface area contributed by atoms with Crippen molar-refractivity contribution in [2.75, 3.05) is 4.72 Å². The number of aromatic nitrogens is 1. The minimum absolute atomic E-state index is 0.0151.